The number of hydrogen-bond donors (Lipinski definition) is 3. The molecular formula is C6H12N2O2. The van der Waals surface area contributed by atoms with E-state index in [2.05, 4.69) is 10.6 Å². The van der Waals surface area contributed by atoms with Gasteiger partial charge in [-0.05, 0) is 13.8 Å². The molecule has 0 spiro atoms. The maximum atomic E-state index is 10.4. The highest BCUT2D eigenvalue weighted by molar-refractivity contribution is 5.74. The number of carboxylic acids is 1. The largest absolute Gasteiger partial charge is 0.480 e. The maximum absolute atomic E-state index is 10.4. The molecule has 1 unspecified atom stereocenters. The molecule has 4 heteroatoms. The van der Waals surface area contributed by atoms with E-state index in [1.807, 2.05) is 13.8 Å². The van der Waals surface area contributed by atoms with Crippen molar-refractivity contribution in [2.75, 3.05) is 6.54 Å². The summed E-state index contributed by atoms with van der Waals surface area (Å²) in [6.45, 7) is 4.33. The van der Waals surface area contributed by atoms with Gasteiger partial charge in [0.1, 0.15) is 6.04 Å². The summed E-state index contributed by atoms with van der Waals surface area (Å²) in [5, 5.41) is 14.5. The number of hydrogen-bond acceptors (Lipinski definition) is 3. The molecule has 3 N–H and O–H groups in total. The lowest BCUT2D eigenvalue weighted by Gasteiger charge is -2.18. The zero-order valence-corrected chi connectivity index (χ0v) is 6.14. The van der Waals surface area contributed by atoms with E-state index in [0.717, 1.165) is 0 Å². The smallest absolute Gasteiger partial charge is 0.322 e. The molecule has 0 amide bonds. The normalized spacial score (nSPS) is 30.4. The standard InChI is InChI=1S/C6H12N2O2/c1-6(2)7-3-4(8-6)5(9)10/h4,7-8H,3H2,1-2H3,(H,9,10). The van der Waals surface area contributed by atoms with E-state index in [-0.39, 0.29) is 5.66 Å². The predicted octanol–water partition coefficient (Wildman–Crippen LogP) is -0.631. The number of nitrogens with one attached hydrogen (secondary N) is 2. The summed E-state index contributed by atoms with van der Waals surface area (Å²) < 4.78 is 0. The van der Waals surface area contributed by atoms with Crippen molar-refractivity contribution in [3.05, 3.63) is 0 Å². The van der Waals surface area contributed by atoms with Crippen LogP contribution in [-0.2, 0) is 4.79 Å². The van der Waals surface area contributed by atoms with Gasteiger partial charge in [-0.3, -0.25) is 15.4 Å². The SMILES string of the molecule is CC1(C)NCC(C(=O)O)N1. The Hall–Kier alpha value is -0.610. The first-order valence-corrected chi connectivity index (χ1v) is 3.27. The van der Waals surface area contributed by atoms with Gasteiger partial charge in [-0.2, -0.15) is 0 Å². The third kappa shape index (κ3) is 1.46. The minimum Gasteiger partial charge on any atom is -0.480 e. The topological polar surface area (TPSA) is 61.4 Å². The van der Waals surface area contributed by atoms with Crippen molar-refractivity contribution >= 4 is 5.97 Å². The van der Waals surface area contributed by atoms with Crippen LogP contribution in [0.5, 0.6) is 0 Å². The minimum absolute atomic E-state index is 0.233. The van der Waals surface area contributed by atoms with Crippen LogP contribution in [0.15, 0.2) is 0 Å². The molecule has 1 aliphatic rings. The molecular weight excluding hydrogens is 132 g/mol. The van der Waals surface area contributed by atoms with E-state index in [4.69, 9.17) is 5.11 Å². The number of rotatable bonds is 1. The van der Waals surface area contributed by atoms with Crippen molar-refractivity contribution < 1.29 is 9.90 Å². The summed E-state index contributed by atoms with van der Waals surface area (Å²) >= 11 is 0. The van der Waals surface area contributed by atoms with Gasteiger partial charge in [-0.1, -0.05) is 0 Å². The van der Waals surface area contributed by atoms with E-state index in [1.54, 1.807) is 0 Å². The molecule has 1 atom stereocenters. The summed E-state index contributed by atoms with van der Waals surface area (Å²) in [5.41, 5.74) is -0.233. The summed E-state index contributed by atoms with van der Waals surface area (Å²) in [7, 11) is 0. The molecule has 1 rings (SSSR count). The molecule has 0 aromatic heterocycles. The van der Waals surface area contributed by atoms with E-state index in [1.165, 1.54) is 0 Å². The van der Waals surface area contributed by atoms with E-state index < -0.39 is 12.0 Å². The Morgan fingerprint density at radius 3 is 2.50 bits per heavy atom. The van der Waals surface area contributed by atoms with Crippen molar-refractivity contribution in [3.63, 3.8) is 0 Å². The van der Waals surface area contributed by atoms with E-state index >= 15 is 0 Å². The zero-order valence-electron chi connectivity index (χ0n) is 6.14. The molecule has 0 aliphatic carbocycles. The van der Waals surface area contributed by atoms with Crippen molar-refractivity contribution in [1.82, 2.24) is 10.6 Å². The molecule has 58 valence electrons. The Morgan fingerprint density at radius 2 is 2.30 bits per heavy atom. The second-order valence-electron chi connectivity index (χ2n) is 3.04. The molecule has 10 heavy (non-hydrogen) atoms. The monoisotopic (exact) mass is 144 g/mol. The highest BCUT2D eigenvalue weighted by Gasteiger charge is 2.32. The van der Waals surface area contributed by atoms with Crippen molar-refractivity contribution in [2.45, 2.75) is 25.6 Å². The maximum Gasteiger partial charge on any atom is 0.322 e. The Kier molecular flexibility index (Phi) is 1.66. The van der Waals surface area contributed by atoms with Crippen LogP contribution in [-0.4, -0.2) is 29.3 Å². The fourth-order valence-electron chi connectivity index (χ4n) is 1.04. The van der Waals surface area contributed by atoms with Crippen LogP contribution < -0.4 is 10.6 Å². The van der Waals surface area contributed by atoms with E-state index in [0.29, 0.717) is 6.54 Å². The molecule has 0 aromatic rings. The van der Waals surface area contributed by atoms with Gasteiger partial charge < -0.3 is 5.11 Å². The third-order valence-corrected chi connectivity index (χ3v) is 1.58. The third-order valence-electron chi connectivity index (χ3n) is 1.58. The number of carbonyl (C=O) groups is 1. The van der Waals surface area contributed by atoms with Crippen LogP contribution in [0.2, 0.25) is 0 Å². The first-order chi connectivity index (χ1) is 4.51. The first kappa shape index (κ1) is 7.50. The lowest BCUT2D eigenvalue weighted by atomic mass is 10.2. The highest BCUT2D eigenvalue weighted by Crippen LogP contribution is 2.05. The Morgan fingerprint density at radius 1 is 1.70 bits per heavy atom. The predicted molar refractivity (Wildman–Crippen MR) is 36.6 cm³/mol. The van der Waals surface area contributed by atoms with Gasteiger partial charge in [0.2, 0.25) is 0 Å². The van der Waals surface area contributed by atoms with Gasteiger partial charge in [0.15, 0.2) is 0 Å². The summed E-state index contributed by atoms with van der Waals surface area (Å²) in [4.78, 5) is 10.4. The lowest BCUT2D eigenvalue weighted by molar-refractivity contribution is -0.138. The molecule has 1 heterocycles. The summed E-state index contributed by atoms with van der Waals surface area (Å²) in [6.07, 6.45) is 0. The fourth-order valence-corrected chi connectivity index (χ4v) is 1.04. The highest BCUT2D eigenvalue weighted by atomic mass is 16.4. The molecule has 1 aliphatic heterocycles. The van der Waals surface area contributed by atoms with Crippen molar-refractivity contribution in [3.8, 4) is 0 Å². The van der Waals surface area contributed by atoms with Crippen molar-refractivity contribution in [2.24, 2.45) is 0 Å². The average molecular weight is 144 g/mol. The van der Waals surface area contributed by atoms with E-state index in [9.17, 15) is 4.79 Å². The van der Waals surface area contributed by atoms with Gasteiger partial charge in [-0.25, -0.2) is 0 Å². The lowest BCUT2D eigenvalue weighted by Crippen LogP contribution is -2.45. The van der Waals surface area contributed by atoms with Crippen LogP contribution >= 0.6 is 0 Å². The second-order valence-corrected chi connectivity index (χ2v) is 3.04. The van der Waals surface area contributed by atoms with Gasteiger partial charge in [0, 0.05) is 6.54 Å². The zero-order chi connectivity index (χ0) is 7.78. The summed E-state index contributed by atoms with van der Waals surface area (Å²) in [5.74, 6) is -0.793. The van der Waals surface area contributed by atoms with Crippen LogP contribution in [0.4, 0.5) is 0 Å². The average Bonchev–Trinajstić information content (AvgIpc) is 2.10. The van der Waals surface area contributed by atoms with Crippen LogP contribution in [0.3, 0.4) is 0 Å². The Labute approximate surface area is 59.6 Å². The van der Waals surface area contributed by atoms with Gasteiger partial charge >= 0.3 is 5.97 Å². The van der Waals surface area contributed by atoms with Gasteiger partial charge in [0.25, 0.3) is 0 Å². The molecule has 0 aromatic carbocycles. The first-order valence-electron chi connectivity index (χ1n) is 3.27. The molecule has 4 nitrogen and oxygen atoms in total. The van der Waals surface area contributed by atoms with Crippen LogP contribution in [0.1, 0.15) is 13.8 Å². The van der Waals surface area contributed by atoms with Crippen molar-refractivity contribution in [1.29, 1.82) is 0 Å². The minimum atomic E-state index is -0.793. The Bertz CT molecular complexity index is 156. The molecule has 0 radical (unpaired) electrons. The van der Waals surface area contributed by atoms with Gasteiger partial charge in [0.05, 0.1) is 5.66 Å². The molecule has 1 saturated heterocycles. The second kappa shape index (κ2) is 2.21. The molecule has 0 saturated carbocycles. The van der Waals surface area contributed by atoms with Gasteiger partial charge in [-0.15, -0.1) is 0 Å². The summed E-state index contributed by atoms with van der Waals surface area (Å²) in [6, 6.07) is -0.435. The fraction of sp³-hybridized carbons (Fsp3) is 0.833. The quantitative estimate of drug-likeness (QED) is 0.458. The van der Waals surface area contributed by atoms with Crippen LogP contribution in [0, 0.1) is 0 Å². The number of carboxylic acid groups (broad SMARTS) is 1. The van der Waals surface area contributed by atoms with Crippen LogP contribution in [0.25, 0.3) is 0 Å². The molecule has 1 fully saturated rings. The Balaban J connectivity index is 2.51. The molecule has 0 bridgehead atoms. The number of aliphatic carboxylic acids is 1.